The van der Waals surface area contributed by atoms with Crippen molar-refractivity contribution in [3.8, 4) is 51.6 Å². The molecule has 5 N–H and O–H groups in total. The molecule has 0 bridgehead atoms. The Labute approximate surface area is 287 Å². The first-order valence-electron chi connectivity index (χ1n) is 14.4. The van der Waals surface area contributed by atoms with Crippen LogP contribution < -0.4 is 4.68 Å². The van der Waals surface area contributed by atoms with E-state index in [4.69, 9.17) is 18.8 Å². The number of thioether (sulfide) groups is 2. The molecule has 5 heterocycles. The highest BCUT2D eigenvalue weighted by atomic mass is 32.2. The zero-order valence-corrected chi connectivity index (χ0v) is 27.2. The Hall–Kier alpha value is -6.21. The fourth-order valence-corrected chi connectivity index (χ4v) is 6.07. The number of aliphatic carboxylic acids is 2. The first-order valence-corrected chi connectivity index (χ1v) is 16.4. The van der Waals surface area contributed by atoms with Crippen LogP contribution in [0.3, 0.4) is 0 Å². The van der Waals surface area contributed by atoms with Gasteiger partial charge in [-0.2, -0.15) is 0 Å². The summed E-state index contributed by atoms with van der Waals surface area (Å²) in [5, 5.41) is 32.4. The summed E-state index contributed by atoms with van der Waals surface area (Å²) >= 11 is 1.86. The number of furan rings is 2. The van der Waals surface area contributed by atoms with E-state index in [-0.39, 0.29) is 50.7 Å². The number of nitrogens with one attached hydrogen (secondary N) is 3. The maximum Gasteiger partial charge on any atom is 0.351 e. The summed E-state index contributed by atoms with van der Waals surface area (Å²) in [5.41, 5.74) is 2.29. The highest BCUT2D eigenvalue weighted by Crippen LogP contribution is 2.35. The molecule has 0 radical (unpaired) electrons. The number of halogens is 1. The molecule has 7 aromatic rings. The lowest BCUT2D eigenvalue weighted by atomic mass is 10.1. The number of carbonyl (C=O) groups is 2. The molecular formula is C31H23FN8O8S2+2. The molecule has 0 amide bonds. The minimum Gasteiger partial charge on any atom is -0.481 e. The van der Waals surface area contributed by atoms with Crippen LogP contribution in [0.2, 0.25) is 0 Å². The van der Waals surface area contributed by atoms with E-state index in [9.17, 15) is 24.0 Å². The molecule has 2 aromatic carbocycles. The van der Waals surface area contributed by atoms with Gasteiger partial charge in [-0.1, -0.05) is 28.6 Å². The highest BCUT2D eigenvalue weighted by Gasteiger charge is 2.32. The van der Waals surface area contributed by atoms with Gasteiger partial charge in [0, 0.05) is 34.7 Å². The molecule has 0 spiro atoms. The average molecular weight is 719 g/mol. The molecule has 0 aliphatic carbocycles. The van der Waals surface area contributed by atoms with E-state index in [0.29, 0.717) is 44.3 Å². The summed E-state index contributed by atoms with van der Waals surface area (Å²) in [6.07, 6.45) is 0. The summed E-state index contributed by atoms with van der Waals surface area (Å²) in [5.74, 6) is -1.50. The quantitative estimate of drug-likeness (QED) is 0.0557. The predicted molar refractivity (Wildman–Crippen MR) is 175 cm³/mol. The number of hydrogen-bond donors (Lipinski definition) is 5. The van der Waals surface area contributed by atoms with Crippen LogP contribution in [0.15, 0.2) is 85.9 Å². The van der Waals surface area contributed by atoms with Crippen molar-refractivity contribution in [3.05, 3.63) is 77.5 Å². The third-order valence-corrected chi connectivity index (χ3v) is 8.81. The molecule has 19 heteroatoms. The number of nitrogens with zero attached hydrogens (tertiary/aromatic N) is 5. The molecule has 0 aliphatic rings. The van der Waals surface area contributed by atoms with Crippen LogP contribution in [0, 0.1) is 10.7 Å². The third-order valence-electron chi connectivity index (χ3n) is 7.11. The standard InChI is InChI=1S/C31H21FN8O8S2/c1-46-40(45)18-4-2-3-15(10-18)22-7-8-23(47-22)29-35-31(50-14-26(43)44)38-39(29)21-12-24(20-11-16-9-17(32)5-6-19(16)33-20)48-27(21)28-34-30(37-36-28)49-13-25(41)42/h2-12H,13-14H2,1H3,(H3-,33,34,36,37,41,42,43,44)/p+2. The van der Waals surface area contributed by atoms with Crippen molar-refractivity contribution in [1.82, 2.24) is 30.2 Å². The Morgan fingerprint density at radius 2 is 1.68 bits per heavy atom. The van der Waals surface area contributed by atoms with Gasteiger partial charge < -0.3 is 29.0 Å². The molecule has 16 nitrogen and oxygen atoms in total. The van der Waals surface area contributed by atoms with Crippen molar-refractivity contribution >= 4 is 52.1 Å². The number of aromatic amines is 3. The van der Waals surface area contributed by atoms with Gasteiger partial charge in [-0.15, -0.1) is 10.2 Å². The molecule has 252 valence electrons. The van der Waals surface area contributed by atoms with Gasteiger partial charge in [0.15, 0.2) is 18.0 Å². The van der Waals surface area contributed by atoms with Crippen molar-refractivity contribution in [2.24, 2.45) is 0 Å². The predicted octanol–water partition coefficient (Wildman–Crippen LogP) is 5.60. The van der Waals surface area contributed by atoms with Gasteiger partial charge in [0.05, 0.1) is 16.4 Å². The number of carboxylic acids is 2. The first kappa shape index (κ1) is 32.3. The zero-order chi connectivity index (χ0) is 34.9. The van der Waals surface area contributed by atoms with Gasteiger partial charge in [-0.3, -0.25) is 9.59 Å². The zero-order valence-electron chi connectivity index (χ0n) is 25.5. The molecule has 0 fully saturated rings. The van der Waals surface area contributed by atoms with Crippen LogP contribution in [-0.2, 0) is 14.4 Å². The molecule has 0 unspecified atom stereocenters. The number of benzene rings is 2. The summed E-state index contributed by atoms with van der Waals surface area (Å²) in [7, 11) is 1.25. The van der Waals surface area contributed by atoms with Crippen molar-refractivity contribution < 1.29 is 47.5 Å². The van der Waals surface area contributed by atoms with E-state index in [1.165, 1.54) is 23.9 Å². The van der Waals surface area contributed by atoms with Crippen LogP contribution in [0.1, 0.15) is 0 Å². The minimum absolute atomic E-state index is 0.139. The summed E-state index contributed by atoms with van der Waals surface area (Å²) in [4.78, 5) is 49.1. The van der Waals surface area contributed by atoms with Gasteiger partial charge in [0.1, 0.15) is 17.3 Å². The van der Waals surface area contributed by atoms with E-state index in [1.54, 1.807) is 54.6 Å². The normalized spacial score (nSPS) is 11.3. The van der Waals surface area contributed by atoms with Gasteiger partial charge >= 0.3 is 23.5 Å². The van der Waals surface area contributed by atoms with E-state index < -0.39 is 17.8 Å². The second-order valence-electron chi connectivity index (χ2n) is 10.4. The molecule has 0 saturated carbocycles. The van der Waals surface area contributed by atoms with E-state index in [1.807, 2.05) is 0 Å². The van der Waals surface area contributed by atoms with E-state index >= 15 is 0 Å². The second-order valence-corrected chi connectivity index (χ2v) is 12.4. The number of rotatable bonds is 13. The number of H-pyrrole nitrogens is 3. The second kappa shape index (κ2) is 13.4. The van der Waals surface area contributed by atoms with Crippen LogP contribution in [0.25, 0.3) is 62.5 Å². The van der Waals surface area contributed by atoms with E-state index in [2.05, 4.69) is 30.2 Å². The van der Waals surface area contributed by atoms with Gasteiger partial charge in [-0.05, 0) is 53.3 Å². The number of aromatic nitrogens is 7. The molecule has 0 atom stereocenters. The van der Waals surface area contributed by atoms with Crippen LogP contribution in [0.4, 0.5) is 10.1 Å². The maximum atomic E-state index is 14.0. The fourth-order valence-electron chi connectivity index (χ4n) is 4.98. The first-order chi connectivity index (χ1) is 24.1. The average Bonchev–Trinajstić information content (AvgIpc) is 3.94. The third kappa shape index (κ3) is 6.58. The lowest BCUT2D eigenvalue weighted by molar-refractivity contribution is -0.736. The van der Waals surface area contributed by atoms with Gasteiger partial charge in [-0.25, -0.2) is 14.2 Å². The fraction of sp³-hybridized carbons (Fsp3) is 0.0968. The Balaban J connectivity index is 1.36. The SMILES string of the molecule is CO[N+](=O)c1cccc(-c2ccc(-c3[nH]c(SCC(=O)O)n[n+]3-c3cc(-c4cc5cc(F)ccc5[nH]4)oc3-c3nnc(SCC(=O)O)[nH]3)o2)c1. The Bertz CT molecular complexity index is 2410. The molecule has 0 saturated heterocycles. The van der Waals surface area contributed by atoms with Crippen molar-refractivity contribution in [2.75, 3.05) is 18.6 Å². The van der Waals surface area contributed by atoms with Gasteiger partial charge in [0.2, 0.25) is 23.0 Å². The van der Waals surface area contributed by atoms with Gasteiger partial charge in [0.25, 0.3) is 10.1 Å². The molecule has 5 aromatic heterocycles. The van der Waals surface area contributed by atoms with Crippen molar-refractivity contribution in [3.63, 3.8) is 0 Å². The largest absolute Gasteiger partial charge is 0.481 e. The van der Waals surface area contributed by atoms with Crippen molar-refractivity contribution in [2.45, 2.75) is 10.3 Å². The summed E-state index contributed by atoms with van der Waals surface area (Å²) in [6, 6.07) is 17.6. The topological polar surface area (TPSA) is 220 Å². The smallest absolute Gasteiger partial charge is 0.351 e. The summed E-state index contributed by atoms with van der Waals surface area (Å²) in [6.45, 7) is 0. The maximum absolute atomic E-state index is 14.0. The van der Waals surface area contributed by atoms with Crippen LogP contribution in [-0.4, -0.2) is 75.9 Å². The van der Waals surface area contributed by atoms with Crippen LogP contribution in [0.5, 0.6) is 0 Å². The van der Waals surface area contributed by atoms with Crippen molar-refractivity contribution in [1.29, 1.82) is 0 Å². The number of hydrogen-bond acceptors (Lipinski definition) is 11. The molecule has 50 heavy (non-hydrogen) atoms. The molecular weight excluding hydrogens is 696 g/mol. The molecule has 0 aliphatic heterocycles. The lowest BCUT2D eigenvalue weighted by Gasteiger charge is -1.97. The highest BCUT2D eigenvalue weighted by molar-refractivity contribution is 8.00. The Morgan fingerprint density at radius 1 is 0.900 bits per heavy atom. The van der Waals surface area contributed by atoms with E-state index in [0.717, 1.165) is 23.5 Å². The number of carboxylic acid groups (broad SMARTS) is 2. The monoisotopic (exact) mass is 718 g/mol. The van der Waals surface area contributed by atoms with Crippen LogP contribution >= 0.6 is 23.5 Å². The Morgan fingerprint density at radius 3 is 2.46 bits per heavy atom. The lowest BCUT2D eigenvalue weighted by Crippen LogP contribution is -2.35. The number of fused-ring (bicyclic) bond motifs is 1. The summed E-state index contributed by atoms with van der Waals surface area (Å²) < 4.78 is 28.0. The molecule has 7 rings (SSSR count). The Kier molecular flexibility index (Phi) is 8.64. The minimum atomic E-state index is -1.06.